The molecule has 2 unspecified atom stereocenters. The van der Waals surface area contributed by atoms with Gasteiger partial charge in [-0.2, -0.15) is 0 Å². The molecule has 0 aromatic heterocycles. The van der Waals surface area contributed by atoms with Crippen molar-refractivity contribution in [1.29, 1.82) is 0 Å². The molecule has 0 bridgehead atoms. The maximum Gasteiger partial charge on any atom is 0.153 e. The highest BCUT2D eigenvalue weighted by atomic mass is 79.9. The maximum absolute atomic E-state index is 13.7. The Hall–Kier alpha value is -0.460. The summed E-state index contributed by atoms with van der Waals surface area (Å²) in [4.78, 5) is 0. The molecule has 1 aliphatic carbocycles. The van der Waals surface area contributed by atoms with E-state index in [1.165, 1.54) is 6.07 Å². The number of hydrogen-bond donors (Lipinski definition) is 1. The molecule has 1 N–H and O–H groups in total. The molecule has 1 aromatic carbocycles. The monoisotopic (exact) mass is 350 g/mol. The summed E-state index contributed by atoms with van der Waals surface area (Å²) < 4.78 is 37.9. The summed E-state index contributed by atoms with van der Waals surface area (Å²) in [5.74, 6) is -0.421. The minimum atomic E-state index is -3.34. The van der Waals surface area contributed by atoms with Crippen LogP contribution in [0.25, 0.3) is 0 Å². The minimum Gasteiger partial charge on any atom is -0.388 e. The van der Waals surface area contributed by atoms with Gasteiger partial charge in [-0.3, -0.25) is 0 Å². The topological polar surface area (TPSA) is 54.4 Å². The van der Waals surface area contributed by atoms with Gasteiger partial charge in [0.2, 0.25) is 0 Å². The van der Waals surface area contributed by atoms with Gasteiger partial charge in [0.25, 0.3) is 0 Å². The quantitative estimate of drug-likeness (QED) is 0.910. The van der Waals surface area contributed by atoms with Crippen LogP contribution in [0.1, 0.15) is 24.8 Å². The smallest absolute Gasteiger partial charge is 0.153 e. The molecule has 106 valence electrons. The fourth-order valence-corrected chi connectivity index (χ4v) is 4.85. The number of halogens is 2. The Morgan fingerprint density at radius 2 is 2.21 bits per heavy atom. The Bertz CT molecular complexity index is 588. The van der Waals surface area contributed by atoms with Crippen molar-refractivity contribution >= 4 is 25.8 Å². The highest BCUT2D eigenvalue weighted by Gasteiger charge is 2.47. The van der Waals surface area contributed by atoms with Crippen LogP contribution in [0.4, 0.5) is 4.39 Å². The van der Waals surface area contributed by atoms with Gasteiger partial charge in [-0.1, -0.05) is 15.9 Å². The van der Waals surface area contributed by atoms with E-state index in [1.54, 1.807) is 12.1 Å². The van der Waals surface area contributed by atoms with Crippen molar-refractivity contribution < 1.29 is 17.9 Å². The largest absolute Gasteiger partial charge is 0.388 e. The molecule has 1 aliphatic rings. The van der Waals surface area contributed by atoms with E-state index < -0.39 is 26.5 Å². The van der Waals surface area contributed by atoms with Gasteiger partial charge in [0.1, 0.15) is 5.82 Å². The van der Waals surface area contributed by atoms with Gasteiger partial charge in [-0.25, -0.2) is 12.8 Å². The fourth-order valence-electron chi connectivity index (χ4n) is 2.85. The van der Waals surface area contributed by atoms with Crippen LogP contribution in [0, 0.1) is 5.82 Å². The summed E-state index contributed by atoms with van der Waals surface area (Å²) >= 11 is 3.25. The number of benzene rings is 1. The zero-order valence-corrected chi connectivity index (χ0v) is 13.0. The first kappa shape index (κ1) is 14.9. The second-order valence-electron chi connectivity index (χ2n) is 5.23. The molecule has 0 spiro atoms. The lowest BCUT2D eigenvalue weighted by Gasteiger charge is -2.29. The van der Waals surface area contributed by atoms with Crippen LogP contribution >= 0.6 is 15.9 Å². The summed E-state index contributed by atoms with van der Waals surface area (Å²) in [6.45, 7) is 0. The summed E-state index contributed by atoms with van der Waals surface area (Å²) in [5, 5.41) is 9.79. The van der Waals surface area contributed by atoms with Gasteiger partial charge in [-0.15, -0.1) is 0 Å². The van der Waals surface area contributed by atoms with Gasteiger partial charge < -0.3 is 5.11 Å². The van der Waals surface area contributed by atoms with Crippen molar-refractivity contribution in [1.82, 2.24) is 0 Å². The lowest BCUT2D eigenvalue weighted by molar-refractivity contribution is 0.0504. The molecule has 6 heteroatoms. The molecular formula is C13H16BrFO3S. The molecule has 0 radical (unpaired) electrons. The van der Waals surface area contributed by atoms with Crippen LogP contribution in [-0.2, 0) is 16.3 Å². The number of aliphatic hydroxyl groups is 1. The number of sulfone groups is 1. The lowest BCUT2D eigenvalue weighted by atomic mass is 9.92. The second-order valence-corrected chi connectivity index (χ2v) is 8.37. The van der Waals surface area contributed by atoms with Crippen LogP contribution in [-0.4, -0.2) is 30.6 Å². The van der Waals surface area contributed by atoms with Gasteiger partial charge in [-0.05, 0) is 43.0 Å². The molecular weight excluding hydrogens is 335 g/mol. The van der Waals surface area contributed by atoms with Crippen LogP contribution in [0.3, 0.4) is 0 Å². The van der Waals surface area contributed by atoms with E-state index in [0.717, 1.165) is 6.26 Å². The third-order valence-corrected chi connectivity index (χ3v) is 5.90. The Balaban J connectivity index is 2.33. The molecule has 19 heavy (non-hydrogen) atoms. The van der Waals surface area contributed by atoms with Crippen LogP contribution in [0.5, 0.6) is 0 Å². The van der Waals surface area contributed by atoms with Gasteiger partial charge in [0.05, 0.1) is 10.9 Å². The van der Waals surface area contributed by atoms with Crippen molar-refractivity contribution in [2.24, 2.45) is 0 Å². The van der Waals surface area contributed by atoms with Gasteiger partial charge in [0, 0.05) is 17.1 Å². The van der Waals surface area contributed by atoms with Gasteiger partial charge in [0.15, 0.2) is 9.84 Å². The zero-order chi connectivity index (χ0) is 14.3. The highest BCUT2D eigenvalue weighted by Crippen LogP contribution is 2.38. The normalized spacial score (nSPS) is 27.7. The molecule has 3 nitrogen and oxygen atoms in total. The number of hydrogen-bond acceptors (Lipinski definition) is 3. The Morgan fingerprint density at radius 3 is 2.84 bits per heavy atom. The molecule has 1 aromatic rings. The first-order valence-corrected chi connectivity index (χ1v) is 8.82. The molecule has 1 saturated carbocycles. The van der Waals surface area contributed by atoms with Gasteiger partial charge >= 0.3 is 0 Å². The van der Waals surface area contributed by atoms with Crippen molar-refractivity contribution in [3.8, 4) is 0 Å². The average molecular weight is 351 g/mol. The van der Waals surface area contributed by atoms with E-state index >= 15 is 0 Å². The third kappa shape index (κ3) is 3.17. The van der Waals surface area contributed by atoms with Crippen molar-refractivity contribution in [3.05, 3.63) is 34.1 Å². The van der Waals surface area contributed by atoms with E-state index in [2.05, 4.69) is 15.9 Å². The molecule has 0 heterocycles. The molecule has 1 fully saturated rings. The first-order valence-electron chi connectivity index (χ1n) is 6.07. The van der Waals surface area contributed by atoms with E-state index in [9.17, 15) is 17.9 Å². The third-order valence-electron chi connectivity index (χ3n) is 3.70. The summed E-state index contributed by atoms with van der Waals surface area (Å²) in [6.07, 6.45) is 2.62. The standard InChI is InChI=1S/C13H16BrFO3S/c1-19(17,18)12-3-2-6-13(12,16)8-9-7-10(14)4-5-11(9)15/h4-5,7,12,16H,2-3,6,8H2,1H3. The summed E-state index contributed by atoms with van der Waals surface area (Å²) in [6, 6.07) is 4.48. The first-order chi connectivity index (χ1) is 8.72. The SMILES string of the molecule is CS(=O)(=O)C1CCCC1(O)Cc1cc(Br)ccc1F. The molecule has 0 amide bonds. The molecule has 2 rings (SSSR count). The van der Waals surface area contributed by atoms with Crippen molar-refractivity contribution in [2.75, 3.05) is 6.26 Å². The Kier molecular flexibility index (Phi) is 4.05. The molecule has 2 atom stereocenters. The van der Waals surface area contributed by atoms with E-state index in [-0.39, 0.29) is 6.42 Å². The predicted octanol–water partition coefficient (Wildman–Crippen LogP) is 2.46. The van der Waals surface area contributed by atoms with Crippen molar-refractivity contribution in [3.63, 3.8) is 0 Å². The summed E-state index contributed by atoms with van der Waals surface area (Å²) in [7, 11) is -3.34. The average Bonchev–Trinajstić information content (AvgIpc) is 2.65. The Morgan fingerprint density at radius 1 is 1.53 bits per heavy atom. The number of rotatable bonds is 3. The van der Waals surface area contributed by atoms with Crippen molar-refractivity contribution in [2.45, 2.75) is 36.5 Å². The van der Waals surface area contributed by atoms with E-state index in [4.69, 9.17) is 0 Å². The highest BCUT2D eigenvalue weighted by molar-refractivity contribution is 9.10. The zero-order valence-electron chi connectivity index (χ0n) is 10.6. The minimum absolute atomic E-state index is 0.0238. The molecule has 0 aliphatic heterocycles. The molecule has 0 saturated heterocycles. The van der Waals surface area contributed by atoms with Crippen LogP contribution in [0.2, 0.25) is 0 Å². The van der Waals surface area contributed by atoms with E-state index in [0.29, 0.717) is 29.3 Å². The summed E-state index contributed by atoms with van der Waals surface area (Å²) in [5.41, 5.74) is -1.03. The second kappa shape index (κ2) is 5.14. The van der Waals surface area contributed by atoms with E-state index in [1.807, 2.05) is 0 Å². The Labute approximate surface area is 120 Å². The predicted molar refractivity (Wildman–Crippen MR) is 75.2 cm³/mol. The van der Waals surface area contributed by atoms with Crippen LogP contribution < -0.4 is 0 Å². The van der Waals surface area contributed by atoms with Crippen LogP contribution in [0.15, 0.2) is 22.7 Å². The lowest BCUT2D eigenvalue weighted by Crippen LogP contribution is -2.44. The maximum atomic E-state index is 13.7. The fraction of sp³-hybridized carbons (Fsp3) is 0.538.